The van der Waals surface area contributed by atoms with Gasteiger partial charge in [-0.15, -0.1) is 0 Å². The maximum absolute atomic E-state index is 12.2. The smallest absolute Gasteiger partial charge is 0.240 e. The maximum Gasteiger partial charge on any atom is 0.240 e. The van der Waals surface area contributed by atoms with Crippen molar-refractivity contribution in [1.29, 1.82) is 5.26 Å². The van der Waals surface area contributed by atoms with Crippen LogP contribution in [0.4, 0.5) is 0 Å². The lowest BCUT2D eigenvalue weighted by molar-refractivity contribution is -0.135. The predicted molar refractivity (Wildman–Crippen MR) is 67.1 cm³/mol. The van der Waals surface area contributed by atoms with Gasteiger partial charge in [-0.1, -0.05) is 13.8 Å². The van der Waals surface area contributed by atoms with Crippen LogP contribution in [0.1, 0.15) is 27.7 Å². The Labute approximate surface area is 102 Å². The summed E-state index contributed by atoms with van der Waals surface area (Å²) in [5.74, 6) is 0.578. The second-order valence-corrected chi connectivity index (χ2v) is 7.02. The van der Waals surface area contributed by atoms with Crippen LogP contribution < -0.4 is 0 Å². The molecule has 4 heteroatoms. The Kier molecular flexibility index (Phi) is 4.26. The van der Waals surface area contributed by atoms with Crippen LogP contribution in [0, 0.1) is 23.2 Å². The van der Waals surface area contributed by atoms with E-state index in [1.54, 1.807) is 0 Å². The summed E-state index contributed by atoms with van der Waals surface area (Å²) in [6.07, 6.45) is 0. The third kappa shape index (κ3) is 3.15. The van der Waals surface area contributed by atoms with Gasteiger partial charge in [0.2, 0.25) is 5.91 Å². The molecule has 0 saturated carbocycles. The number of thioether (sulfide) groups is 1. The van der Waals surface area contributed by atoms with Crippen LogP contribution >= 0.6 is 11.8 Å². The summed E-state index contributed by atoms with van der Waals surface area (Å²) in [6, 6.07) is 2.13. The lowest BCUT2D eigenvalue weighted by Crippen LogP contribution is -2.48. The zero-order valence-electron chi connectivity index (χ0n) is 10.5. The van der Waals surface area contributed by atoms with Gasteiger partial charge in [-0.3, -0.25) is 4.79 Å². The van der Waals surface area contributed by atoms with Crippen molar-refractivity contribution in [3.63, 3.8) is 0 Å². The van der Waals surface area contributed by atoms with E-state index in [4.69, 9.17) is 5.26 Å². The molecule has 1 saturated heterocycles. The molecule has 3 nitrogen and oxygen atoms in total. The standard InChI is InChI=1S/C12H20N2OS/c1-9(2)10(7-13)11(15)14-5-6-16-12(3,4)8-14/h9-10H,5-6,8H2,1-4H3. The molecule has 0 spiro atoms. The van der Waals surface area contributed by atoms with Crippen LogP contribution in [0.5, 0.6) is 0 Å². The molecule has 1 aliphatic rings. The van der Waals surface area contributed by atoms with Gasteiger partial charge in [0, 0.05) is 23.6 Å². The number of carbonyl (C=O) groups is 1. The molecule has 0 aromatic rings. The minimum Gasteiger partial charge on any atom is -0.339 e. The Bertz CT molecular complexity index is 307. The summed E-state index contributed by atoms with van der Waals surface area (Å²) in [5.41, 5.74) is 0. The fraction of sp³-hybridized carbons (Fsp3) is 0.833. The molecule has 0 bridgehead atoms. The van der Waals surface area contributed by atoms with E-state index in [1.807, 2.05) is 30.5 Å². The highest BCUT2D eigenvalue weighted by Gasteiger charge is 2.33. The average Bonchev–Trinajstić information content (AvgIpc) is 2.16. The van der Waals surface area contributed by atoms with Gasteiger partial charge in [-0.05, 0) is 19.8 Å². The molecule has 1 atom stereocenters. The Balaban J connectivity index is 2.71. The minimum absolute atomic E-state index is 0.00544. The van der Waals surface area contributed by atoms with Crippen LogP contribution in [0.15, 0.2) is 0 Å². The number of amides is 1. The van der Waals surface area contributed by atoms with Gasteiger partial charge in [0.05, 0.1) is 6.07 Å². The first kappa shape index (κ1) is 13.4. The van der Waals surface area contributed by atoms with Crippen LogP contribution in [-0.4, -0.2) is 34.4 Å². The molecular weight excluding hydrogens is 220 g/mol. The Morgan fingerprint density at radius 1 is 1.50 bits per heavy atom. The topological polar surface area (TPSA) is 44.1 Å². The quantitative estimate of drug-likeness (QED) is 0.742. The van der Waals surface area contributed by atoms with Crippen molar-refractivity contribution in [2.45, 2.75) is 32.4 Å². The Morgan fingerprint density at radius 2 is 2.12 bits per heavy atom. The van der Waals surface area contributed by atoms with E-state index in [1.165, 1.54) is 0 Å². The molecule has 1 aliphatic heterocycles. The van der Waals surface area contributed by atoms with Gasteiger partial charge in [0.15, 0.2) is 0 Å². The average molecular weight is 240 g/mol. The highest BCUT2D eigenvalue weighted by atomic mass is 32.2. The Hall–Kier alpha value is -0.690. The van der Waals surface area contributed by atoms with Crippen LogP contribution in [0.2, 0.25) is 0 Å². The predicted octanol–water partition coefficient (Wildman–Crippen LogP) is 2.14. The molecule has 0 aliphatic carbocycles. The van der Waals surface area contributed by atoms with Crippen molar-refractivity contribution < 1.29 is 4.79 Å². The van der Waals surface area contributed by atoms with Gasteiger partial charge >= 0.3 is 0 Å². The summed E-state index contributed by atoms with van der Waals surface area (Å²) in [5, 5.41) is 9.02. The largest absolute Gasteiger partial charge is 0.339 e. The van der Waals surface area contributed by atoms with Crippen molar-refractivity contribution >= 4 is 17.7 Å². The molecule has 16 heavy (non-hydrogen) atoms. The fourth-order valence-corrected chi connectivity index (χ4v) is 3.00. The van der Waals surface area contributed by atoms with Crippen molar-refractivity contribution in [2.75, 3.05) is 18.8 Å². The number of hydrogen-bond donors (Lipinski definition) is 0. The van der Waals surface area contributed by atoms with E-state index >= 15 is 0 Å². The van der Waals surface area contributed by atoms with Crippen molar-refractivity contribution in [1.82, 2.24) is 4.90 Å². The first-order chi connectivity index (χ1) is 7.37. The second-order valence-electron chi connectivity index (χ2n) is 5.22. The molecule has 1 heterocycles. The number of nitriles is 1. The van der Waals surface area contributed by atoms with Crippen LogP contribution in [0.3, 0.4) is 0 Å². The lowest BCUT2D eigenvalue weighted by atomic mass is 9.95. The monoisotopic (exact) mass is 240 g/mol. The molecule has 1 fully saturated rings. The zero-order valence-corrected chi connectivity index (χ0v) is 11.3. The van der Waals surface area contributed by atoms with Crippen molar-refractivity contribution in [3.8, 4) is 6.07 Å². The zero-order chi connectivity index (χ0) is 12.3. The summed E-state index contributed by atoms with van der Waals surface area (Å²) in [7, 11) is 0. The van der Waals surface area contributed by atoms with Gasteiger partial charge in [0.1, 0.15) is 5.92 Å². The highest BCUT2D eigenvalue weighted by Crippen LogP contribution is 2.30. The first-order valence-electron chi connectivity index (χ1n) is 5.70. The lowest BCUT2D eigenvalue weighted by Gasteiger charge is -2.38. The first-order valence-corrected chi connectivity index (χ1v) is 6.68. The number of carbonyl (C=O) groups excluding carboxylic acids is 1. The molecule has 0 N–H and O–H groups in total. The summed E-state index contributed by atoms with van der Waals surface area (Å²) in [6.45, 7) is 9.67. The molecule has 0 radical (unpaired) electrons. The summed E-state index contributed by atoms with van der Waals surface area (Å²) < 4.78 is 0.116. The van der Waals surface area contributed by atoms with Gasteiger partial charge in [-0.25, -0.2) is 0 Å². The third-order valence-electron chi connectivity index (χ3n) is 2.81. The second kappa shape index (κ2) is 5.09. The van der Waals surface area contributed by atoms with Crippen molar-refractivity contribution in [2.24, 2.45) is 11.8 Å². The van der Waals surface area contributed by atoms with Crippen molar-refractivity contribution in [3.05, 3.63) is 0 Å². The third-order valence-corrected chi connectivity index (χ3v) is 4.11. The van der Waals surface area contributed by atoms with E-state index in [0.717, 1.165) is 18.8 Å². The van der Waals surface area contributed by atoms with E-state index in [-0.39, 0.29) is 16.6 Å². The fourth-order valence-electron chi connectivity index (χ4n) is 1.89. The van der Waals surface area contributed by atoms with E-state index in [0.29, 0.717) is 0 Å². The maximum atomic E-state index is 12.2. The molecule has 1 rings (SSSR count). The van der Waals surface area contributed by atoms with E-state index in [9.17, 15) is 4.79 Å². The van der Waals surface area contributed by atoms with E-state index in [2.05, 4.69) is 19.9 Å². The highest BCUT2D eigenvalue weighted by molar-refractivity contribution is 8.00. The Morgan fingerprint density at radius 3 is 2.56 bits per heavy atom. The van der Waals surface area contributed by atoms with Gasteiger partial charge in [0.25, 0.3) is 0 Å². The van der Waals surface area contributed by atoms with E-state index < -0.39 is 5.92 Å². The molecule has 0 aromatic heterocycles. The van der Waals surface area contributed by atoms with Gasteiger partial charge < -0.3 is 4.90 Å². The molecule has 1 amide bonds. The molecular formula is C12H20N2OS. The normalized spacial score (nSPS) is 21.6. The minimum atomic E-state index is -0.487. The molecule has 1 unspecified atom stereocenters. The van der Waals surface area contributed by atoms with Crippen LogP contribution in [-0.2, 0) is 4.79 Å². The number of hydrogen-bond acceptors (Lipinski definition) is 3. The molecule has 90 valence electrons. The number of rotatable bonds is 2. The SMILES string of the molecule is CC(C)C(C#N)C(=O)N1CCSC(C)(C)C1. The summed E-state index contributed by atoms with van der Waals surface area (Å²) >= 11 is 1.89. The van der Waals surface area contributed by atoms with Gasteiger partial charge in [-0.2, -0.15) is 17.0 Å². The molecule has 0 aromatic carbocycles. The summed E-state index contributed by atoms with van der Waals surface area (Å²) in [4.78, 5) is 14.0. The number of nitrogens with zero attached hydrogens (tertiary/aromatic N) is 2. The van der Waals surface area contributed by atoms with Crippen LogP contribution in [0.25, 0.3) is 0 Å².